The molecule has 4 amide bonds. The zero-order valence-corrected chi connectivity index (χ0v) is 15.9. The zero-order valence-electron chi connectivity index (χ0n) is 15.1. The minimum atomic E-state index is -1.03. The summed E-state index contributed by atoms with van der Waals surface area (Å²) in [6, 6.07) is 8.38. The van der Waals surface area contributed by atoms with E-state index >= 15 is 0 Å². The first-order valence-corrected chi connectivity index (χ1v) is 8.71. The molecule has 150 valence electrons. The normalized spacial score (nSPS) is 15.0. The summed E-state index contributed by atoms with van der Waals surface area (Å²) in [6.07, 6.45) is 6.39. The van der Waals surface area contributed by atoms with Gasteiger partial charge in [-0.3, -0.25) is 25.0 Å². The van der Waals surface area contributed by atoms with Crippen molar-refractivity contribution in [3.05, 3.63) is 68.7 Å². The molecular weight excluding hydrogens is 414 g/mol. The molecule has 0 unspecified atom stereocenters. The molecule has 0 spiro atoms. The average molecular weight is 426 g/mol. The smallest absolute Gasteiger partial charge is 0.335 e. The first-order valence-electron chi connectivity index (χ1n) is 8.33. The van der Waals surface area contributed by atoms with Crippen molar-refractivity contribution in [2.45, 2.75) is 0 Å². The zero-order chi connectivity index (χ0) is 21.8. The van der Waals surface area contributed by atoms with Crippen LogP contribution in [0.15, 0.2) is 48.0 Å². The molecule has 0 saturated carbocycles. The van der Waals surface area contributed by atoms with Crippen LogP contribution in [0.2, 0.25) is 5.02 Å². The van der Waals surface area contributed by atoms with E-state index in [1.807, 2.05) is 5.32 Å². The molecule has 1 heterocycles. The van der Waals surface area contributed by atoms with Crippen LogP contribution < -0.4 is 15.0 Å². The Kier molecular flexibility index (Phi) is 5.80. The van der Waals surface area contributed by atoms with Gasteiger partial charge in [-0.1, -0.05) is 23.6 Å². The molecule has 30 heavy (non-hydrogen) atoms. The van der Waals surface area contributed by atoms with Crippen LogP contribution >= 0.6 is 11.6 Å². The molecule has 1 fully saturated rings. The second-order valence-electron chi connectivity index (χ2n) is 5.91. The van der Waals surface area contributed by atoms with E-state index < -0.39 is 28.3 Å². The molecule has 2 aromatic rings. The number of amides is 4. The molecule has 3 rings (SSSR count). The number of nitrogens with one attached hydrogen (secondary N) is 1. The highest BCUT2D eigenvalue weighted by atomic mass is 35.5. The molecule has 0 radical (unpaired) electrons. The molecule has 1 saturated heterocycles. The lowest BCUT2D eigenvalue weighted by Gasteiger charge is -2.26. The number of hydrogen-bond acceptors (Lipinski definition) is 6. The molecule has 1 N–H and O–H groups in total. The molecule has 2 aromatic carbocycles. The maximum absolute atomic E-state index is 12.9. The standard InChI is InChI=1S/C20H12ClN3O6/c1-2-8-30-17-7-6-13(21)9-12(17)10-16-18(25)22-20(27)23(19(16)26)14-4-3-5-15(11-14)24(28)29/h1,3-7,9-11H,8H2,(H,22,25,27)/b16-10+. The number of benzene rings is 2. The molecule has 0 atom stereocenters. The van der Waals surface area contributed by atoms with Crippen molar-refractivity contribution in [1.29, 1.82) is 0 Å². The highest BCUT2D eigenvalue weighted by molar-refractivity contribution is 6.39. The maximum atomic E-state index is 12.9. The lowest BCUT2D eigenvalue weighted by molar-refractivity contribution is -0.384. The number of urea groups is 1. The fraction of sp³-hybridized carbons (Fsp3) is 0.0500. The predicted molar refractivity (Wildman–Crippen MR) is 108 cm³/mol. The fourth-order valence-electron chi connectivity index (χ4n) is 2.68. The molecule has 0 aromatic heterocycles. The van der Waals surface area contributed by atoms with Crippen molar-refractivity contribution in [2.75, 3.05) is 11.5 Å². The molecule has 10 heteroatoms. The topological polar surface area (TPSA) is 119 Å². The second-order valence-corrected chi connectivity index (χ2v) is 6.35. The number of carbonyl (C=O) groups excluding carboxylic acids is 3. The highest BCUT2D eigenvalue weighted by Gasteiger charge is 2.37. The highest BCUT2D eigenvalue weighted by Crippen LogP contribution is 2.29. The van der Waals surface area contributed by atoms with Gasteiger partial charge in [0.1, 0.15) is 17.9 Å². The van der Waals surface area contributed by atoms with Crippen molar-refractivity contribution < 1.29 is 24.0 Å². The Hall–Kier alpha value is -4.16. The summed E-state index contributed by atoms with van der Waals surface area (Å²) >= 11 is 6.00. The summed E-state index contributed by atoms with van der Waals surface area (Å²) in [6.45, 7) is -0.0593. The van der Waals surface area contributed by atoms with Gasteiger partial charge in [0.25, 0.3) is 17.5 Å². The Morgan fingerprint density at radius 3 is 2.70 bits per heavy atom. The van der Waals surface area contributed by atoms with E-state index in [-0.39, 0.29) is 29.3 Å². The molecule has 9 nitrogen and oxygen atoms in total. The molecule has 1 aliphatic heterocycles. The van der Waals surface area contributed by atoms with Crippen molar-refractivity contribution in [3.63, 3.8) is 0 Å². The minimum absolute atomic E-state index is 0.0593. The van der Waals surface area contributed by atoms with E-state index in [0.717, 1.165) is 6.07 Å². The summed E-state index contributed by atoms with van der Waals surface area (Å²) in [4.78, 5) is 48.5. The Morgan fingerprint density at radius 2 is 2.00 bits per heavy atom. The number of carbonyl (C=O) groups is 3. The summed E-state index contributed by atoms with van der Waals surface area (Å²) in [5.74, 6) is 0.665. The number of rotatable bonds is 5. The van der Waals surface area contributed by atoms with Gasteiger partial charge in [-0.15, -0.1) is 6.42 Å². The van der Waals surface area contributed by atoms with Gasteiger partial charge in [-0.2, -0.15) is 0 Å². The first kappa shape index (κ1) is 20.6. The molecule has 0 bridgehead atoms. The van der Waals surface area contributed by atoms with Crippen LogP contribution in [0.4, 0.5) is 16.2 Å². The summed E-state index contributed by atoms with van der Waals surface area (Å²) in [5.41, 5.74) is -0.506. The van der Waals surface area contributed by atoms with Crippen molar-refractivity contribution in [1.82, 2.24) is 5.32 Å². The van der Waals surface area contributed by atoms with E-state index in [9.17, 15) is 24.5 Å². The lowest BCUT2D eigenvalue weighted by Crippen LogP contribution is -2.54. The third-order valence-electron chi connectivity index (χ3n) is 3.98. The van der Waals surface area contributed by atoms with E-state index in [4.69, 9.17) is 22.8 Å². The molecule has 1 aliphatic rings. The van der Waals surface area contributed by atoms with Crippen LogP contribution in [0.25, 0.3) is 6.08 Å². The molecular formula is C20H12ClN3O6. The number of ether oxygens (including phenoxy) is 1. The quantitative estimate of drug-likeness (QED) is 0.258. The first-order chi connectivity index (χ1) is 14.3. The molecule has 0 aliphatic carbocycles. The van der Waals surface area contributed by atoms with Crippen molar-refractivity contribution in [3.8, 4) is 18.1 Å². The van der Waals surface area contributed by atoms with Crippen LogP contribution in [-0.4, -0.2) is 29.4 Å². The number of terminal acetylenes is 1. The van der Waals surface area contributed by atoms with Gasteiger partial charge < -0.3 is 4.74 Å². The van der Waals surface area contributed by atoms with Crippen LogP contribution in [0.1, 0.15) is 5.56 Å². The van der Waals surface area contributed by atoms with Gasteiger partial charge in [-0.25, -0.2) is 9.69 Å². The third-order valence-corrected chi connectivity index (χ3v) is 4.22. The largest absolute Gasteiger partial charge is 0.480 e. The predicted octanol–water partition coefficient (Wildman–Crippen LogP) is 2.93. The van der Waals surface area contributed by atoms with Crippen LogP contribution in [-0.2, 0) is 9.59 Å². The number of non-ortho nitro benzene ring substituents is 1. The summed E-state index contributed by atoms with van der Waals surface area (Å²) in [7, 11) is 0. The minimum Gasteiger partial charge on any atom is -0.480 e. The average Bonchev–Trinajstić information content (AvgIpc) is 2.70. The van der Waals surface area contributed by atoms with Crippen LogP contribution in [0, 0.1) is 22.5 Å². The number of barbiturate groups is 1. The number of hydrogen-bond donors (Lipinski definition) is 1. The van der Waals surface area contributed by atoms with Crippen molar-refractivity contribution in [2.24, 2.45) is 0 Å². The maximum Gasteiger partial charge on any atom is 0.335 e. The number of halogens is 1. The van der Waals surface area contributed by atoms with Crippen molar-refractivity contribution >= 4 is 46.9 Å². The summed E-state index contributed by atoms with van der Waals surface area (Å²) in [5, 5.41) is 13.4. The number of imide groups is 2. The Bertz CT molecular complexity index is 1150. The van der Waals surface area contributed by atoms with Gasteiger partial charge in [0.15, 0.2) is 0 Å². The van der Waals surface area contributed by atoms with Gasteiger partial charge in [0.05, 0.1) is 10.6 Å². The van der Waals surface area contributed by atoms with Crippen LogP contribution in [0.3, 0.4) is 0 Å². The summed E-state index contributed by atoms with van der Waals surface area (Å²) < 4.78 is 5.39. The number of anilines is 1. The van der Waals surface area contributed by atoms with E-state index in [1.165, 1.54) is 42.5 Å². The Balaban J connectivity index is 2.05. The lowest BCUT2D eigenvalue weighted by atomic mass is 10.1. The SMILES string of the molecule is C#CCOc1ccc(Cl)cc1/C=C1\C(=O)NC(=O)N(c2cccc([N+](=O)[O-])c2)C1=O. The van der Waals surface area contributed by atoms with Gasteiger partial charge in [0, 0.05) is 22.7 Å². The van der Waals surface area contributed by atoms with Gasteiger partial charge in [-0.05, 0) is 30.3 Å². The Morgan fingerprint density at radius 1 is 1.23 bits per heavy atom. The Labute approximate surface area is 175 Å². The number of nitro groups is 1. The van der Waals surface area contributed by atoms with Gasteiger partial charge in [0.2, 0.25) is 0 Å². The van der Waals surface area contributed by atoms with E-state index in [0.29, 0.717) is 9.92 Å². The van der Waals surface area contributed by atoms with Gasteiger partial charge >= 0.3 is 6.03 Å². The monoisotopic (exact) mass is 425 g/mol. The van der Waals surface area contributed by atoms with E-state index in [1.54, 1.807) is 0 Å². The van der Waals surface area contributed by atoms with Crippen LogP contribution in [0.5, 0.6) is 5.75 Å². The third kappa shape index (κ3) is 4.14. The number of nitro benzene ring substituents is 1. The fourth-order valence-corrected chi connectivity index (χ4v) is 2.86. The number of nitrogens with zero attached hydrogens (tertiary/aromatic N) is 2. The second kappa shape index (κ2) is 8.46. The van der Waals surface area contributed by atoms with E-state index in [2.05, 4.69) is 5.92 Å².